The van der Waals surface area contributed by atoms with Crippen LogP contribution < -0.4 is 4.74 Å². The zero-order chi connectivity index (χ0) is 13.1. The van der Waals surface area contributed by atoms with Gasteiger partial charge in [-0.15, -0.1) is 0 Å². The second-order valence-corrected chi connectivity index (χ2v) is 3.95. The lowest BCUT2D eigenvalue weighted by molar-refractivity contribution is 0.112. The van der Waals surface area contributed by atoms with E-state index in [-0.39, 0.29) is 6.61 Å². The summed E-state index contributed by atoms with van der Waals surface area (Å²) in [7, 11) is 0. The molecule has 1 heterocycles. The lowest BCUT2D eigenvalue weighted by Gasteiger charge is -2.09. The van der Waals surface area contributed by atoms with Crippen LogP contribution in [0.15, 0.2) is 47.3 Å². The molecule has 0 N–H and O–H groups in total. The highest BCUT2D eigenvalue weighted by atomic mass is 16.5. The van der Waals surface area contributed by atoms with Crippen molar-refractivity contribution in [1.29, 1.82) is 0 Å². The molecule has 0 atom stereocenters. The van der Waals surface area contributed by atoms with Gasteiger partial charge in [-0.3, -0.25) is 4.79 Å². The standard InChI is InChI=1S/C14H10N2O3/c17-7-12-11-4-2-1-3-10(11)5-6-13(12)18-8-14-15-9-19-16-14/h1-7,9H,8H2. The van der Waals surface area contributed by atoms with Gasteiger partial charge in [0, 0.05) is 0 Å². The molecule has 0 radical (unpaired) electrons. The Morgan fingerprint density at radius 1 is 1.21 bits per heavy atom. The van der Waals surface area contributed by atoms with Gasteiger partial charge >= 0.3 is 0 Å². The van der Waals surface area contributed by atoms with Gasteiger partial charge in [-0.25, -0.2) is 0 Å². The van der Waals surface area contributed by atoms with Gasteiger partial charge in [0.05, 0.1) is 5.56 Å². The fourth-order valence-electron chi connectivity index (χ4n) is 1.92. The van der Waals surface area contributed by atoms with Crippen molar-refractivity contribution in [2.75, 3.05) is 0 Å². The molecule has 0 saturated carbocycles. The van der Waals surface area contributed by atoms with E-state index in [4.69, 9.17) is 4.74 Å². The molecular formula is C14H10N2O3. The molecule has 1 aromatic heterocycles. The van der Waals surface area contributed by atoms with Crippen LogP contribution in [-0.4, -0.2) is 16.4 Å². The fraction of sp³-hybridized carbons (Fsp3) is 0.0714. The number of hydrogen-bond acceptors (Lipinski definition) is 5. The van der Waals surface area contributed by atoms with Gasteiger partial charge in [-0.2, -0.15) is 4.98 Å². The van der Waals surface area contributed by atoms with Gasteiger partial charge in [0.15, 0.2) is 12.9 Å². The summed E-state index contributed by atoms with van der Waals surface area (Å²) in [5, 5.41) is 5.51. The molecule has 0 aliphatic heterocycles. The summed E-state index contributed by atoms with van der Waals surface area (Å²) in [5.41, 5.74) is 0.529. The lowest BCUT2D eigenvalue weighted by Crippen LogP contribution is -2.00. The van der Waals surface area contributed by atoms with E-state index < -0.39 is 0 Å². The van der Waals surface area contributed by atoms with Gasteiger partial charge in [0.2, 0.25) is 12.2 Å². The van der Waals surface area contributed by atoms with E-state index in [1.807, 2.05) is 30.3 Å². The maximum absolute atomic E-state index is 11.3. The van der Waals surface area contributed by atoms with Crippen molar-refractivity contribution in [3.05, 3.63) is 54.2 Å². The summed E-state index contributed by atoms with van der Waals surface area (Å²) in [5.74, 6) is 0.948. The summed E-state index contributed by atoms with van der Waals surface area (Å²) >= 11 is 0. The van der Waals surface area contributed by atoms with Crippen LogP contribution in [0.4, 0.5) is 0 Å². The molecule has 0 bridgehead atoms. The predicted molar refractivity (Wildman–Crippen MR) is 68.0 cm³/mol. The summed E-state index contributed by atoms with van der Waals surface area (Å²) in [6.45, 7) is 0.162. The number of carbonyl (C=O) groups is 1. The quantitative estimate of drug-likeness (QED) is 0.669. The summed E-state index contributed by atoms with van der Waals surface area (Å²) < 4.78 is 10.2. The Labute approximate surface area is 108 Å². The molecular weight excluding hydrogens is 244 g/mol. The first-order valence-corrected chi connectivity index (χ1v) is 5.73. The molecule has 0 saturated heterocycles. The molecule has 5 nitrogen and oxygen atoms in total. The number of aromatic nitrogens is 2. The number of carbonyl (C=O) groups excluding carboxylic acids is 1. The third-order valence-corrected chi connectivity index (χ3v) is 2.81. The minimum atomic E-state index is 0.162. The first-order chi connectivity index (χ1) is 9.38. The number of nitrogens with zero attached hydrogens (tertiary/aromatic N) is 2. The molecule has 3 rings (SSSR count). The lowest BCUT2D eigenvalue weighted by atomic mass is 10.0. The Kier molecular flexibility index (Phi) is 2.94. The monoisotopic (exact) mass is 254 g/mol. The second-order valence-electron chi connectivity index (χ2n) is 3.95. The smallest absolute Gasteiger partial charge is 0.213 e. The number of hydrogen-bond donors (Lipinski definition) is 0. The minimum Gasteiger partial charge on any atom is -0.485 e. The number of ether oxygens (including phenoxy) is 1. The SMILES string of the molecule is O=Cc1c(OCc2ncon2)ccc2ccccc12. The Bertz CT molecular complexity index is 708. The topological polar surface area (TPSA) is 65.2 Å². The van der Waals surface area contributed by atoms with Crippen molar-refractivity contribution in [2.45, 2.75) is 6.61 Å². The third-order valence-electron chi connectivity index (χ3n) is 2.81. The van der Waals surface area contributed by atoms with E-state index in [2.05, 4.69) is 14.7 Å². The first-order valence-electron chi connectivity index (χ1n) is 5.73. The summed E-state index contributed by atoms with van der Waals surface area (Å²) in [6, 6.07) is 11.3. The molecule has 0 aliphatic carbocycles. The van der Waals surface area contributed by atoms with Crippen molar-refractivity contribution in [3.8, 4) is 5.75 Å². The Hall–Kier alpha value is -2.69. The highest BCUT2D eigenvalue weighted by molar-refractivity contribution is 6.00. The van der Waals surface area contributed by atoms with E-state index in [1.54, 1.807) is 6.07 Å². The van der Waals surface area contributed by atoms with Gasteiger partial charge in [0.1, 0.15) is 5.75 Å². The highest BCUT2D eigenvalue weighted by Crippen LogP contribution is 2.26. The molecule has 0 aliphatic rings. The molecule has 0 amide bonds. The minimum absolute atomic E-state index is 0.162. The van der Waals surface area contributed by atoms with Gasteiger partial charge in [-0.05, 0) is 16.8 Å². The van der Waals surface area contributed by atoms with Crippen LogP contribution in [0.3, 0.4) is 0 Å². The van der Waals surface area contributed by atoms with Gasteiger partial charge in [-0.1, -0.05) is 35.5 Å². The van der Waals surface area contributed by atoms with Crippen molar-refractivity contribution in [2.24, 2.45) is 0 Å². The predicted octanol–water partition coefficient (Wildman–Crippen LogP) is 2.61. The molecule has 5 heteroatoms. The number of benzene rings is 2. The first kappa shape index (κ1) is 11.4. The van der Waals surface area contributed by atoms with Crippen LogP contribution in [0, 0.1) is 0 Å². The molecule has 0 spiro atoms. The summed E-state index contributed by atoms with van der Waals surface area (Å²) in [6.07, 6.45) is 2.04. The van der Waals surface area contributed by atoms with E-state index in [1.165, 1.54) is 6.39 Å². The molecule has 0 fully saturated rings. The maximum Gasteiger partial charge on any atom is 0.213 e. The van der Waals surface area contributed by atoms with Crippen LogP contribution in [0.25, 0.3) is 10.8 Å². The van der Waals surface area contributed by atoms with E-state index in [0.29, 0.717) is 17.1 Å². The Morgan fingerprint density at radius 3 is 2.89 bits per heavy atom. The molecule has 0 unspecified atom stereocenters. The fourth-order valence-corrected chi connectivity index (χ4v) is 1.92. The largest absolute Gasteiger partial charge is 0.485 e. The van der Waals surface area contributed by atoms with Crippen molar-refractivity contribution in [1.82, 2.24) is 10.1 Å². The average Bonchev–Trinajstić information content (AvgIpc) is 2.97. The van der Waals surface area contributed by atoms with Gasteiger partial charge < -0.3 is 9.26 Å². The van der Waals surface area contributed by atoms with Crippen molar-refractivity contribution >= 4 is 17.1 Å². The van der Waals surface area contributed by atoms with Crippen LogP contribution >= 0.6 is 0 Å². The second kappa shape index (κ2) is 4.89. The zero-order valence-electron chi connectivity index (χ0n) is 9.95. The number of aldehydes is 1. The Morgan fingerprint density at radius 2 is 2.11 bits per heavy atom. The average molecular weight is 254 g/mol. The Balaban J connectivity index is 1.96. The number of rotatable bonds is 4. The van der Waals surface area contributed by atoms with E-state index in [9.17, 15) is 4.79 Å². The molecule has 94 valence electrons. The normalized spacial score (nSPS) is 10.5. The van der Waals surface area contributed by atoms with Crippen LogP contribution in [0.1, 0.15) is 16.2 Å². The van der Waals surface area contributed by atoms with E-state index in [0.717, 1.165) is 17.1 Å². The maximum atomic E-state index is 11.3. The van der Waals surface area contributed by atoms with Crippen LogP contribution in [0.5, 0.6) is 5.75 Å². The van der Waals surface area contributed by atoms with Crippen LogP contribution in [-0.2, 0) is 6.61 Å². The van der Waals surface area contributed by atoms with Crippen molar-refractivity contribution < 1.29 is 14.1 Å². The molecule has 3 aromatic rings. The third kappa shape index (κ3) is 2.18. The van der Waals surface area contributed by atoms with E-state index >= 15 is 0 Å². The summed E-state index contributed by atoms with van der Waals surface area (Å²) in [4.78, 5) is 15.1. The number of fused-ring (bicyclic) bond motifs is 1. The highest BCUT2D eigenvalue weighted by Gasteiger charge is 2.09. The zero-order valence-corrected chi connectivity index (χ0v) is 9.95. The van der Waals surface area contributed by atoms with Gasteiger partial charge in [0.25, 0.3) is 0 Å². The van der Waals surface area contributed by atoms with Crippen LogP contribution in [0.2, 0.25) is 0 Å². The van der Waals surface area contributed by atoms with Crippen molar-refractivity contribution in [3.63, 3.8) is 0 Å². The molecule has 19 heavy (non-hydrogen) atoms. The molecule has 2 aromatic carbocycles.